The van der Waals surface area contributed by atoms with Gasteiger partial charge in [0, 0.05) is 23.3 Å². The third kappa shape index (κ3) is 4.89. The number of anilines is 1. The molecular weight excluding hydrogens is 318 g/mol. The second-order valence-corrected chi connectivity index (χ2v) is 7.96. The van der Waals surface area contributed by atoms with Crippen LogP contribution in [0.2, 0.25) is 0 Å². The fourth-order valence-electron chi connectivity index (χ4n) is 1.85. The van der Waals surface area contributed by atoms with Gasteiger partial charge in [-0.2, -0.15) is 0 Å². The van der Waals surface area contributed by atoms with Gasteiger partial charge < -0.3 is 5.32 Å². The molecule has 0 saturated carbocycles. The molecule has 1 amide bonds. The lowest BCUT2D eigenvalue weighted by Gasteiger charge is -2.06. The summed E-state index contributed by atoms with van der Waals surface area (Å²) in [5.74, 6) is 0.459. The standard InChI is InChI=1S/C16H17NO3S2/c1-13(18)17-14-7-9-15(10-8-14)21-11-12-22(19,20)16-5-3-2-4-6-16/h2-10H,11-12H2,1H3,(H,17,18). The van der Waals surface area contributed by atoms with Gasteiger partial charge in [0.05, 0.1) is 10.6 Å². The Morgan fingerprint density at radius 3 is 2.27 bits per heavy atom. The Kier molecular flexibility index (Phi) is 5.63. The summed E-state index contributed by atoms with van der Waals surface area (Å²) in [6, 6.07) is 15.8. The Bertz CT molecular complexity index is 726. The maximum absolute atomic E-state index is 12.1. The van der Waals surface area contributed by atoms with E-state index in [9.17, 15) is 13.2 Å². The molecule has 2 aromatic rings. The molecule has 0 saturated heterocycles. The first-order chi connectivity index (χ1) is 10.5. The molecule has 0 bridgehead atoms. The van der Waals surface area contributed by atoms with Crippen LogP contribution >= 0.6 is 11.8 Å². The molecule has 0 aliphatic heterocycles. The van der Waals surface area contributed by atoms with Crippen LogP contribution in [0.4, 0.5) is 5.69 Å². The highest BCUT2D eigenvalue weighted by Gasteiger charge is 2.13. The van der Waals surface area contributed by atoms with Gasteiger partial charge in [0.25, 0.3) is 0 Å². The Morgan fingerprint density at radius 2 is 1.68 bits per heavy atom. The molecule has 0 heterocycles. The van der Waals surface area contributed by atoms with Gasteiger partial charge in [-0.15, -0.1) is 11.8 Å². The van der Waals surface area contributed by atoms with E-state index in [0.29, 0.717) is 10.6 Å². The number of carbonyl (C=O) groups excluding carboxylic acids is 1. The highest BCUT2D eigenvalue weighted by Crippen LogP contribution is 2.21. The molecule has 1 N–H and O–H groups in total. The summed E-state index contributed by atoms with van der Waals surface area (Å²) in [5, 5.41) is 2.69. The van der Waals surface area contributed by atoms with E-state index < -0.39 is 9.84 Å². The van der Waals surface area contributed by atoms with E-state index in [1.54, 1.807) is 42.5 Å². The number of rotatable bonds is 6. The maximum Gasteiger partial charge on any atom is 0.221 e. The number of hydrogen-bond acceptors (Lipinski definition) is 4. The van der Waals surface area contributed by atoms with Crippen LogP contribution in [0.5, 0.6) is 0 Å². The molecule has 2 rings (SSSR count). The van der Waals surface area contributed by atoms with E-state index in [4.69, 9.17) is 0 Å². The van der Waals surface area contributed by atoms with Gasteiger partial charge in [-0.25, -0.2) is 8.42 Å². The lowest BCUT2D eigenvalue weighted by Crippen LogP contribution is -2.08. The van der Waals surface area contributed by atoms with E-state index in [2.05, 4.69) is 5.32 Å². The van der Waals surface area contributed by atoms with E-state index in [1.807, 2.05) is 12.1 Å². The summed E-state index contributed by atoms with van der Waals surface area (Å²) in [6.45, 7) is 1.46. The van der Waals surface area contributed by atoms with Gasteiger partial charge >= 0.3 is 0 Å². The second kappa shape index (κ2) is 7.47. The number of hydrogen-bond donors (Lipinski definition) is 1. The Hall–Kier alpha value is -1.79. The number of nitrogens with one attached hydrogen (secondary N) is 1. The van der Waals surface area contributed by atoms with E-state index in [-0.39, 0.29) is 11.7 Å². The highest BCUT2D eigenvalue weighted by atomic mass is 32.2. The lowest BCUT2D eigenvalue weighted by molar-refractivity contribution is -0.114. The van der Waals surface area contributed by atoms with Crippen molar-refractivity contribution in [2.24, 2.45) is 0 Å². The van der Waals surface area contributed by atoms with Crippen molar-refractivity contribution in [2.45, 2.75) is 16.7 Å². The topological polar surface area (TPSA) is 63.2 Å². The highest BCUT2D eigenvalue weighted by molar-refractivity contribution is 8.00. The Balaban J connectivity index is 1.90. The number of sulfone groups is 1. The third-order valence-corrected chi connectivity index (χ3v) is 5.90. The molecule has 22 heavy (non-hydrogen) atoms. The molecule has 0 unspecified atom stereocenters. The van der Waals surface area contributed by atoms with E-state index in [0.717, 1.165) is 10.6 Å². The average Bonchev–Trinajstić information content (AvgIpc) is 2.49. The normalized spacial score (nSPS) is 11.1. The summed E-state index contributed by atoms with van der Waals surface area (Å²) in [5.41, 5.74) is 0.730. The van der Waals surface area contributed by atoms with E-state index in [1.165, 1.54) is 18.7 Å². The van der Waals surface area contributed by atoms with Crippen molar-refractivity contribution in [3.05, 3.63) is 54.6 Å². The Labute approximate surface area is 134 Å². The average molecular weight is 335 g/mol. The fraction of sp³-hybridized carbons (Fsp3) is 0.188. The quantitative estimate of drug-likeness (QED) is 0.823. The Morgan fingerprint density at radius 1 is 1.05 bits per heavy atom. The molecule has 0 fully saturated rings. The number of amides is 1. The smallest absolute Gasteiger partial charge is 0.221 e. The van der Waals surface area contributed by atoms with Crippen LogP contribution < -0.4 is 5.32 Å². The summed E-state index contributed by atoms with van der Waals surface area (Å²) >= 11 is 1.48. The molecular formula is C16H17NO3S2. The second-order valence-electron chi connectivity index (χ2n) is 4.69. The van der Waals surface area contributed by atoms with Crippen molar-refractivity contribution < 1.29 is 13.2 Å². The van der Waals surface area contributed by atoms with Gasteiger partial charge in [-0.1, -0.05) is 18.2 Å². The number of thioether (sulfide) groups is 1. The van der Waals surface area contributed by atoms with Crippen molar-refractivity contribution in [3.63, 3.8) is 0 Å². The van der Waals surface area contributed by atoms with Gasteiger partial charge in [0.1, 0.15) is 0 Å². The zero-order valence-electron chi connectivity index (χ0n) is 12.2. The van der Waals surface area contributed by atoms with Crippen molar-refractivity contribution in [2.75, 3.05) is 16.8 Å². The van der Waals surface area contributed by atoms with Gasteiger partial charge in [-0.3, -0.25) is 4.79 Å². The van der Waals surface area contributed by atoms with Crippen LogP contribution in [0.25, 0.3) is 0 Å². The monoisotopic (exact) mass is 335 g/mol. The first kappa shape index (κ1) is 16.6. The molecule has 0 radical (unpaired) electrons. The first-order valence-electron chi connectivity index (χ1n) is 6.76. The zero-order valence-corrected chi connectivity index (χ0v) is 13.8. The van der Waals surface area contributed by atoms with Crippen molar-refractivity contribution >= 4 is 33.2 Å². The van der Waals surface area contributed by atoms with Crippen LogP contribution in [0, 0.1) is 0 Å². The summed E-state index contributed by atoms with van der Waals surface area (Å²) in [7, 11) is -3.23. The number of benzene rings is 2. The van der Waals surface area contributed by atoms with Gasteiger partial charge in [0.15, 0.2) is 9.84 Å². The third-order valence-electron chi connectivity index (χ3n) is 2.90. The van der Waals surface area contributed by atoms with Gasteiger partial charge in [-0.05, 0) is 36.4 Å². The molecule has 116 valence electrons. The summed E-state index contributed by atoms with van der Waals surface area (Å²) < 4.78 is 24.3. The SMILES string of the molecule is CC(=O)Nc1ccc(SCCS(=O)(=O)c2ccccc2)cc1. The van der Waals surface area contributed by atoms with Crippen LogP contribution in [0.15, 0.2) is 64.4 Å². The minimum absolute atomic E-state index is 0.0924. The summed E-state index contributed by atoms with van der Waals surface area (Å²) in [4.78, 5) is 12.3. The fourth-order valence-corrected chi connectivity index (χ4v) is 4.44. The molecule has 0 aliphatic carbocycles. The minimum Gasteiger partial charge on any atom is -0.326 e. The maximum atomic E-state index is 12.1. The molecule has 6 heteroatoms. The molecule has 0 aromatic heterocycles. The molecule has 2 aromatic carbocycles. The van der Waals surface area contributed by atoms with Crippen LogP contribution in [0.3, 0.4) is 0 Å². The molecule has 0 spiro atoms. The zero-order chi connectivity index (χ0) is 16.0. The first-order valence-corrected chi connectivity index (χ1v) is 9.39. The minimum atomic E-state index is -3.23. The van der Waals surface area contributed by atoms with Crippen LogP contribution in [-0.2, 0) is 14.6 Å². The largest absolute Gasteiger partial charge is 0.326 e. The molecule has 4 nitrogen and oxygen atoms in total. The molecule has 0 aliphatic rings. The lowest BCUT2D eigenvalue weighted by atomic mass is 10.3. The van der Waals surface area contributed by atoms with Crippen molar-refractivity contribution in [1.82, 2.24) is 0 Å². The van der Waals surface area contributed by atoms with Crippen molar-refractivity contribution in [3.8, 4) is 0 Å². The van der Waals surface area contributed by atoms with Crippen molar-refractivity contribution in [1.29, 1.82) is 0 Å². The van der Waals surface area contributed by atoms with Crippen LogP contribution in [0.1, 0.15) is 6.92 Å². The molecule has 0 atom stereocenters. The number of carbonyl (C=O) groups is 1. The predicted octanol–water partition coefficient (Wildman–Crippen LogP) is 3.21. The van der Waals surface area contributed by atoms with Gasteiger partial charge in [0.2, 0.25) is 5.91 Å². The van der Waals surface area contributed by atoms with E-state index >= 15 is 0 Å². The summed E-state index contributed by atoms with van der Waals surface area (Å²) in [6.07, 6.45) is 0. The van der Waals surface area contributed by atoms with Crippen LogP contribution in [-0.4, -0.2) is 25.8 Å². The predicted molar refractivity (Wildman–Crippen MR) is 90.0 cm³/mol.